The van der Waals surface area contributed by atoms with Crippen molar-refractivity contribution in [1.82, 2.24) is 14.5 Å². The Bertz CT molecular complexity index is 582. The molecule has 7 heteroatoms. The van der Waals surface area contributed by atoms with Crippen LogP contribution in [0.25, 0.3) is 0 Å². The fourth-order valence-corrected chi connectivity index (χ4v) is 1.96. The molecule has 0 amide bonds. The molecule has 0 fully saturated rings. The fraction of sp³-hybridized carbons (Fsp3) is 0.385. The highest BCUT2D eigenvalue weighted by Gasteiger charge is 2.13. The van der Waals surface area contributed by atoms with E-state index in [-0.39, 0.29) is 5.69 Å². The van der Waals surface area contributed by atoms with Gasteiger partial charge in [0.25, 0.3) is 5.69 Å². The van der Waals surface area contributed by atoms with E-state index >= 15 is 0 Å². The SMILES string of the molecule is Cc1cc(N(C)CCCn2ccnc2)ncc1[N+](=O)[O-]. The number of rotatable bonds is 6. The third kappa shape index (κ3) is 3.31. The average molecular weight is 275 g/mol. The molecular weight excluding hydrogens is 258 g/mol. The smallest absolute Gasteiger partial charge is 0.290 e. The zero-order chi connectivity index (χ0) is 14.5. The summed E-state index contributed by atoms with van der Waals surface area (Å²) in [4.78, 5) is 20.5. The van der Waals surface area contributed by atoms with Crippen molar-refractivity contribution in [2.45, 2.75) is 19.9 Å². The van der Waals surface area contributed by atoms with Gasteiger partial charge in [-0.1, -0.05) is 0 Å². The standard InChI is InChI=1S/C13H17N5O2/c1-11-8-13(15-9-12(11)18(19)20)16(2)5-3-6-17-7-4-14-10-17/h4,7-10H,3,5-6H2,1-2H3. The molecule has 2 heterocycles. The maximum atomic E-state index is 10.7. The summed E-state index contributed by atoms with van der Waals surface area (Å²) in [6.07, 6.45) is 7.73. The van der Waals surface area contributed by atoms with Crippen LogP contribution in [0, 0.1) is 17.0 Å². The molecule has 0 saturated heterocycles. The van der Waals surface area contributed by atoms with Crippen LogP contribution in [0.2, 0.25) is 0 Å². The number of hydrogen-bond donors (Lipinski definition) is 0. The van der Waals surface area contributed by atoms with Gasteiger partial charge in [-0.25, -0.2) is 9.97 Å². The summed E-state index contributed by atoms with van der Waals surface area (Å²) in [5.41, 5.74) is 0.682. The Morgan fingerprint density at radius 3 is 2.90 bits per heavy atom. The van der Waals surface area contributed by atoms with E-state index in [1.165, 1.54) is 6.20 Å². The third-order valence-corrected chi connectivity index (χ3v) is 3.13. The van der Waals surface area contributed by atoms with E-state index in [9.17, 15) is 10.1 Å². The highest BCUT2D eigenvalue weighted by Crippen LogP contribution is 2.20. The molecule has 0 spiro atoms. The van der Waals surface area contributed by atoms with Crippen LogP contribution >= 0.6 is 0 Å². The monoisotopic (exact) mass is 275 g/mol. The lowest BCUT2D eigenvalue weighted by atomic mass is 10.2. The van der Waals surface area contributed by atoms with E-state index in [0.29, 0.717) is 5.56 Å². The van der Waals surface area contributed by atoms with Crippen LogP contribution in [0.4, 0.5) is 11.5 Å². The number of anilines is 1. The molecule has 0 aliphatic heterocycles. The van der Waals surface area contributed by atoms with Crippen molar-refractivity contribution >= 4 is 11.5 Å². The molecule has 0 unspecified atom stereocenters. The van der Waals surface area contributed by atoms with Crippen molar-refractivity contribution in [3.05, 3.63) is 46.7 Å². The molecule has 0 saturated carbocycles. The van der Waals surface area contributed by atoms with Crippen molar-refractivity contribution in [2.75, 3.05) is 18.5 Å². The second kappa shape index (κ2) is 6.14. The van der Waals surface area contributed by atoms with Crippen LogP contribution in [0.3, 0.4) is 0 Å². The van der Waals surface area contributed by atoms with Crippen LogP contribution in [0.1, 0.15) is 12.0 Å². The molecule has 0 radical (unpaired) electrons. The number of imidazole rings is 1. The Morgan fingerprint density at radius 1 is 1.50 bits per heavy atom. The van der Waals surface area contributed by atoms with Gasteiger partial charge >= 0.3 is 0 Å². The van der Waals surface area contributed by atoms with Gasteiger partial charge in [-0.3, -0.25) is 10.1 Å². The summed E-state index contributed by atoms with van der Waals surface area (Å²) >= 11 is 0. The van der Waals surface area contributed by atoms with Gasteiger partial charge in [-0.2, -0.15) is 0 Å². The van der Waals surface area contributed by atoms with E-state index in [1.807, 2.05) is 22.7 Å². The number of pyridine rings is 1. The predicted octanol–water partition coefficient (Wildman–Crippen LogP) is 2.02. The molecule has 20 heavy (non-hydrogen) atoms. The van der Waals surface area contributed by atoms with Crippen LogP contribution in [-0.4, -0.2) is 33.1 Å². The van der Waals surface area contributed by atoms with Crippen molar-refractivity contribution in [3.8, 4) is 0 Å². The third-order valence-electron chi connectivity index (χ3n) is 3.13. The molecule has 0 atom stereocenters. The molecule has 0 N–H and O–H groups in total. The Balaban J connectivity index is 1.93. The Kier molecular flexibility index (Phi) is 4.29. The zero-order valence-electron chi connectivity index (χ0n) is 11.6. The maximum Gasteiger partial charge on any atom is 0.290 e. The summed E-state index contributed by atoms with van der Waals surface area (Å²) < 4.78 is 2.02. The first-order chi connectivity index (χ1) is 9.58. The van der Waals surface area contributed by atoms with Gasteiger partial charge < -0.3 is 9.47 Å². The summed E-state index contributed by atoms with van der Waals surface area (Å²) in [6.45, 7) is 3.43. The van der Waals surface area contributed by atoms with E-state index in [0.717, 1.165) is 25.3 Å². The summed E-state index contributed by atoms with van der Waals surface area (Å²) in [7, 11) is 1.93. The van der Waals surface area contributed by atoms with Crippen molar-refractivity contribution in [2.24, 2.45) is 0 Å². The quantitative estimate of drug-likeness (QED) is 0.595. The highest BCUT2D eigenvalue weighted by molar-refractivity contribution is 5.48. The van der Waals surface area contributed by atoms with E-state index < -0.39 is 4.92 Å². The largest absolute Gasteiger partial charge is 0.360 e. The van der Waals surface area contributed by atoms with Crippen LogP contribution in [0.5, 0.6) is 0 Å². The lowest BCUT2D eigenvalue weighted by Crippen LogP contribution is -2.21. The second-order valence-electron chi connectivity index (χ2n) is 4.66. The fourth-order valence-electron chi connectivity index (χ4n) is 1.96. The maximum absolute atomic E-state index is 10.7. The van der Waals surface area contributed by atoms with Crippen LogP contribution < -0.4 is 4.90 Å². The molecular formula is C13H17N5O2. The van der Waals surface area contributed by atoms with Gasteiger partial charge in [0, 0.05) is 38.1 Å². The molecule has 0 aromatic carbocycles. The number of nitro groups is 1. The van der Waals surface area contributed by atoms with Crippen LogP contribution in [-0.2, 0) is 6.54 Å². The summed E-state index contributed by atoms with van der Waals surface area (Å²) in [5.74, 6) is 0.749. The molecule has 2 rings (SSSR count). The van der Waals surface area contributed by atoms with Crippen molar-refractivity contribution in [1.29, 1.82) is 0 Å². The number of aryl methyl sites for hydroxylation is 2. The predicted molar refractivity (Wildman–Crippen MR) is 75.7 cm³/mol. The van der Waals surface area contributed by atoms with Crippen molar-refractivity contribution < 1.29 is 4.92 Å². The minimum absolute atomic E-state index is 0.0561. The first-order valence-corrected chi connectivity index (χ1v) is 6.36. The van der Waals surface area contributed by atoms with Crippen molar-refractivity contribution in [3.63, 3.8) is 0 Å². The number of aromatic nitrogens is 3. The molecule has 0 aliphatic carbocycles. The van der Waals surface area contributed by atoms with E-state index in [4.69, 9.17) is 0 Å². The van der Waals surface area contributed by atoms with Gasteiger partial charge in [-0.05, 0) is 19.4 Å². The molecule has 2 aromatic heterocycles. The summed E-state index contributed by atoms with van der Waals surface area (Å²) in [6, 6.07) is 1.75. The highest BCUT2D eigenvalue weighted by atomic mass is 16.6. The van der Waals surface area contributed by atoms with Gasteiger partial charge in [-0.15, -0.1) is 0 Å². The molecule has 0 bridgehead atoms. The first-order valence-electron chi connectivity index (χ1n) is 6.36. The Hall–Kier alpha value is -2.44. The second-order valence-corrected chi connectivity index (χ2v) is 4.66. The first kappa shape index (κ1) is 14.0. The Labute approximate surface area is 117 Å². The van der Waals surface area contributed by atoms with E-state index in [1.54, 1.807) is 25.5 Å². The average Bonchev–Trinajstić information content (AvgIpc) is 2.91. The minimum Gasteiger partial charge on any atom is -0.360 e. The van der Waals surface area contributed by atoms with Gasteiger partial charge in [0.15, 0.2) is 0 Å². The normalized spacial score (nSPS) is 10.5. The number of nitrogens with zero attached hydrogens (tertiary/aromatic N) is 5. The molecule has 7 nitrogen and oxygen atoms in total. The molecule has 2 aromatic rings. The topological polar surface area (TPSA) is 77.1 Å². The Morgan fingerprint density at radius 2 is 2.30 bits per heavy atom. The van der Waals surface area contributed by atoms with Crippen LogP contribution in [0.15, 0.2) is 31.0 Å². The molecule has 0 aliphatic rings. The van der Waals surface area contributed by atoms with E-state index in [2.05, 4.69) is 9.97 Å². The molecule has 106 valence electrons. The van der Waals surface area contributed by atoms with Gasteiger partial charge in [0.05, 0.1) is 11.3 Å². The minimum atomic E-state index is -0.412. The van der Waals surface area contributed by atoms with Gasteiger partial charge in [0.1, 0.15) is 12.0 Å². The lowest BCUT2D eigenvalue weighted by Gasteiger charge is -2.18. The lowest BCUT2D eigenvalue weighted by molar-refractivity contribution is -0.385. The van der Waals surface area contributed by atoms with Gasteiger partial charge in [0.2, 0.25) is 0 Å². The zero-order valence-corrected chi connectivity index (χ0v) is 11.6. The summed E-state index contributed by atoms with van der Waals surface area (Å²) in [5, 5.41) is 10.7. The number of hydrogen-bond acceptors (Lipinski definition) is 5.